The number of carbonyl (C=O) groups excluding carboxylic acids is 2. The highest BCUT2D eigenvalue weighted by Crippen LogP contribution is 2.19. The SMILES string of the molecule is CCOC(=O)CCC(=O)c1ccc(F)c([N+](=O)[O-])c1. The highest BCUT2D eigenvalue weighted by molar-refractivity contribution is 5.98. The van der Waals surface area contributed by atoms with Gasteiger partial charge in [0.2, 0.25) is 5.82 Å². The molecule has 102 valence electrons. The Hall–Kier alpha value is -2.31. The zero-order valence-electron chi connectivity index (χ0n) is 10.2. The van der Waals surface area contributed by atoms with Crippen LogP contribution in [0.4, 0.5) is 10.1 Å². The molecular weight excluding hydrogens is 257 g/mol. The molecule has 0 saturated carbocycles. The lowest BCUT2D eigenvalue weighted by molar-refractivity contribution is -0.387. The van der Waals surface area contributed by atoms with E-state index in [4.69, 9.17) is 0 Å². The maximum atomic E-state index is 13.1. The number of Topliss-reactive ketones (excluding diaryl/α,β-unsaturated/α-hetero) is 1. The van der Waals surface area contributed by atoms with Crippen LogP contribution in [-0.2, 0) is 9.53 Å². The van der Waals surface area contributed by atoms with Gasteiger partial charge in [0.15, 0.2) is 5.78 Å². The Bertz CT molecular complexity index is 515. The molecule has 0 aliphatic heterocycles. The number of hydrogen-bond donors (Lipinski definition) is 0. The van der Waals surface area contributed by atoms with Gasteiger partial charge in [-0.1, -0.05) is 0 Å². The van der Waals surface area contributed by atoms with Crippen molar-refractivity contribution in [3.05, 3.63) is 39.7 Å². The van der Waals surface area contributed by atoms with Crippen LogP contribution in [0.2, 0.25) is 0 Å². The van der Waals surface area contributed by atoms with Gasteiger partial charge in [-0.05, 0) is 19.1 Å². The predicted octanol–water partition coefficient (Wildman–Crippen LogP) is 2.26. The number of ketones is 1. The Labute approximate surface area is 108 Å². The van der Waals surface area contributed by atoms with E-state index in [9.17, 15) is 24.1 Å². The van der Waals surface area contributed by atoms with Crippen LogP contribution in [-0.4, -0.2) is 23.3 Å². The predicted molar refractivity (Wildman–Crippen MR) is 63.3 cm³/mol. The fourth-order valence-electron chi connectivity index (χ4n) is 1.42. The van der Waals surface area contributed by atoms with E-state index >= 15 is 0 Å². The number of carbonyl (C=O) groups is 2. The quantitative estimate of drug-likeness (QED) is 0.342. The molecule has 0 heterocycles. The van der Waals surface area contributed by atoms with Gasteiger partial charge in [0.05, 0.1) is 18.0 Å². The Morgan fingerprint density at radius 3 is 2.63 bits per heavy atom. The maximum Gasteiger partial charge on any atom is 0.306 e. The summed E-state index contributed by atoms with van der Waals surface area (Å²) in [5.74, 6) is -2.00. The fourth-order valence-corrected chi connectivity index (χ4v) is 1.42. The first-order valence-electron chi connectivity index (χ1n) is 5.58. The topological polar surface area (TPSA) is 86.5 Å². The average Bonchev–Trinajstić information content (AvgIpc) is 2.36. The van der Waals surface area contributed by atoms with Crippen molar-refractivity contribution in [1.82, 2.24) is 0 Å². The van der Waals surface area contributed by atoms with Crippen molar-refractivity contribution in [3.63, 3.8) is 0 Å². The molecule has 0 spiro atoms. The van der Waals surface area contributed by atoms with Crippen LogP contribution >= 0.6 is 0 Å². The van der Waals surface area contributed by atoms with Crippen molar-refractivity contribution < 1.29 is 23.6 Å². The Balaban J connectivity index is 2.75. The smallest absolute Gasteiger partial charge is 0.306 e. The first kappa shape index (κ1) is 14.7. The van der Waals surface area contributed by atoms with Crippen molar-refractivity contribution in [2.45, 2.75) is 19.8 Å². The third-order valence-electron chi connectivity index (χ3n) is 2.33. The number of hydrogen-bond acceptors (Lipinski definition) is 5. The van der Waals surface area contributed by atoms with Gasteiger partial charge in [-0.25, -0.2) is 0 Å². The molecule has 0 N–H and O–H groups in total. The number of rotatable bonds is 6. The number of halogens is 1. The van der Waals surface area contributed by atoms with Gasteiger partial charge in [-0.2, -0.15) is 4.39 Å². The Kier molecular flexibility index (Phi) is 5.11. The molecule has 0 fully saturated rings. The molecule has 0 amide bonds. The van der Waals surface area contributed by atoms with Crippen molar-refractivity contribution in [2.75, 3.05) is 6.61 Å². The van der Waals surface area contributed by atoms with E-state index in [-0.39, 0.29) is 25.0 Å². The number of ether oxygens (including phenoxy) is 1. The summed E-state index contributed by atoms with van der Waals surface area (Å²) in [6.07, 6.45) is -0.251. The monoisotopic (exact) mass is 269 g/mol. The molecule has 0 atom stereocenters. The molecule has 1 rings (SSSR count). The molecule has 0 aliphatic rings. The van der Waals surface area contributed by atoms with Crippen LogP contribution in [0, 0.1) is 15.9 Å². The van der Waals surface area contributed by atoms with E-state index in [2.05, 4.69) is 4.74 Å². The van der Waals surface area contributed by atoms with Crippen molar-refractivity contribution >= 4 is 17.4 Å². The van der Waals surface area contributed by atoms with Crippen LogP contribution in [0.1, 0.15) is 30.1 Å². The van der Waals surface area contributed by atoms with Crippen LogP contribution in [0.3, 0.4) is 0 Å². The van der Waals surface area contributed by atoms with Crippen LogP contribution in [0.5, 0.6) is 0 Å². The first-order chi connectivity index (χ1) is 8.95. The summed E-state index contributed by atoms with van der Waals surface area (Å²) in [4.78, 5) is 32.4. The molecule has 19 heavy (non-hydrogen) atoms. The summed E-state index contributed by atoms with van der Waals surface area (Å²) in [5.41, 5.74) is -0.764. The molecule has 0 saturated heterocycles. The van der Waals surface area contributed by atoms with E-state index in [1.165, 1.54) is 0 Å². The Morgan fingerprint density at radius 1 is 1.37 bits per heavy atom. The van der Waals surface area contributed by atoms with Gasteiger partial charge in [0, 0.05) is 18.1 Å². The second kappa shape index (κ2) is 6.58. The Morgan fingerprint density at radius 2 is 2.05 bits per heavy atom. The van der Waals surface area contributed by atoms with E-state index in [1.807, 2.05) is 0 Å². The van der Waals surface area contributed by atoms with Gasteiger partial charge < -0.3 is 4.74 Å². The fraction of sp³-hybridized carbons (Fsp3) is 0.333. The molecule has 0 aromatic heterocycles. The number of nitro benzene ring substituents is 1. The lowest BCUT2D eigenvalue weighted by Crippen LogP contribution is -2.08. The standard InChI is InChI=1S/C12H12FNO5/c1-2-19-12(16)6-5-11(15)8-3-4-9(13)10(7-8)14(17)18/h3-4,7H,2,5-6H2,1H3. The number of esters is 1. The molecule has 0 aliphatic carbocycles. The zero-order chi connectivity index (χ0) is 14.4. The lowest BCUT2D eigenvalue weighted by Gasteiger charge is -2.02. The minimum absolute atomic E-state index is 0.00241. The zero-order valence-corrected chi connectivity index (χ0v) is 10.2. The van der Waals surface area contributed by atoms with E-state index in [0.29, 0.717) is 0 Å². The van der Waals surface area contributed by atoms with Crippen molar-refractivity contribution in [1.29, 1.82) is 0 Å². The average molecular weight is 269 g/mol. The molecule has 7 heteroatoms. The molecule has 0 unspecified atom stereocenters. The van der Waals surface area contributed by atoms with Crippen LogP contribution in [0.15, 0.2) is 18.2 Å². The molecule has 6 nitrogen and oxygen atoms in total. The van der Waals surface area contributed by atoms with Crippen LogP contribution in [0.25, 0.3) is 0 Å². The highest BCUT2D eigenvalue weighted by Gasteiger charge is 2.18. The van der Waals surface area contributed by atoms with Gasteiger partial charge in [-0.3, -0.25) is 19.7 Å². The number of nitrogens with zero attached hydrogens (tertiary/aromatic N) is 1. The normalized spacial score (nSPS) is 10.0. The van der Waals surface area contributed by atoms with E-state index < -0.39 is 28.2 Å². The number of nitro groups is 1. The maximum absolute atomic E-state index is 13.1. The van der Waals surface area contributed by atoms with E-state index in [0.717, 1.165) is 18.2 Å². The lowest BCUT2D eigenvalue weighted by atomic mass is 10.1. The van der Waals surface area contributed by atoms with Crippen LogP contribution < -0.4 is 0 Å². The second-order valence-corrected chi connectivity index (χ2v) is 3.65. The third-order valence-corrected chi connectivity index (χ3v) is 2.33. The van der Waals surface area contributed by atoms with Crippen molar-refractivity contribution in [2.24, 2.45) is 0 Å². The minimum atomic E-state index is -1.01. The van der Waals surface area contributed by atoms with Gasteiger partial charge >= 0.3 is 11.7 Å². The third kappa shape index (κ3) is 4.13. The summed E-state index contributed by atoms with van der Waals surface area (Å²) < 4.78 is 17.7. The van der Waals surface area contributed by atoms with Gasteiger partial charge in [0.25, 0.3) is 0 Å². The second-order valence-electron chi connectivity index (χ2n) is 3.65. The molecule has 0 radical (unpaired) electrons. The van der Waals surface area contributed by atoms with E-state index in [1.54, 1.807) is 6.92 Å². The molecular formula is C12H12FNO5. The first-order valence-corrected chi connectivity index (χ1v) is 5.58. The molecule has 0 bridgehead atoms. The summed E-state index contributed by atoms with van der Waals surface area (Å²) in [6, 6.07) is 2.87. The summed E-state index contributed by atoms with van der Waals surface area (Å²) in [7, 11) is 0. The molecule has 1 aromatic rings. The largest absolute Gasteiger partial charge is 0.466 e. The highest BCUT2D eigenvalue weighted by atomic mass is 19.1. The molecule has 1 aromatic carbocycles. The minimum Gasteiger partial charge on any atom is -0.466 e. The summed E-state index contributed by atoms with van der Waals surface area (Å²) >= 11 is 0. The van der Waals surface area contributed by atoms with Gasteiger partial charge in [-0.15, -0.1) is 0 Å². The van der Waals surface area contributed by atoms with Gasteiger partial charge in [0.1, 0.15) is 0 Å². The summed E-state index contributed by atoms with van der Waals surface area (Å²) in [5, 5.41) is 10.5. The van der Waals surface area contributed by atoms with Crippen molar-refractivity contribution in [3.8, 4) is 0 Å². The summed E-state index contributed by atoms with van der Waals surface area (Å²) in [6.45, 7) is 1.86. The number of benzene rings is 1.